The van der Waals surface area contributed by atoms with Gasteiger partial charge in [-0.25, -0.2) is 0 Å². The molecule has 2 aliphatic rings. The molecule has 0 amide bonds. The van der Waals surface area contributed by atoms with Gasteiger partial charge in [0.15, 0.2) is 0 Å². The summed E-state index contributed by atoms with van der Waals surface area (Å²) < 4.78 is 0. The van der Waals surface area contributed by atoms with E-state index in [0.717, 1.165) is 0 Å². The summed E-state index contributed by atoms with van der Waals surface area (Å²) in [6.07, 6.45) is 17.4. The van der Waals surface area contributed by atoms with Crippen LogP contribution in [0.5, 0.6) is 0 Å². The highest BCUT2D eigenvalue weighted by atomic mass is 14.1. The number of hydrogen-bond acceptors (Lipinski definition) is 0. The summed E-state index contributed by atoms with van der Waals surface area (Å²) in [6, 6.07) is 0. The third-order valence-corrected chi connectivity index (χ3v) is 2.11. The molecule has 0 aromatic carbocycles. The van der Waals surface area contributed by atoms with Gasteiger partial charge in [0.05, 0.1) is 0 Å². The maximum atomic E-state index is 2.27. The Morgan fingerprint density at radius 3 is 2.83 bits per heavy atom. The summed E-state index contributed by atoms with van der Waals surface area (Å²) in [5.74, 6) is 0.477. The lowest BCUT2D eigenvalue weighted by molar-refractivity contribution is 1.05. The summed E-state index contributed by atoms with van der Waals surface area (Å²) in [5.41, 5.74) is 2.64. The molecular formula is C12H12. The van der Waals surface area contributed by atoms with Crippen LogP contribution in [0.25, 0.3) is 0 Å². The van der Waals surface area contributed by atoms with Gasteiger partial charge in [0, 0.05) is 5.92 Å². The molecule has 0 heterocycles. The van der Waals surface area contributed by atoms with Crippen LogP contribution in [-0.2, 0) is 0 Å². The summed E-state index contributed by atoms with van der Waals surface area (Å²) in [4.78, 5) is 0. The fourth-order valence-corrected chi connectivity index (χ4v) is 1.49. The zero-order chi connectivity index (χ0) is 8.39. The topological polar surface area (TPSA) is 0 Å². The van der Waals surface area contributed by atoms with Gasteiger partial charge >= 0.3 is 0 Å². The van der Waals surface area contributed by atoms with E-state index in [1.807, 2.05) is 0 Å². The zero-order valence-corrected chi connectivity index (χ0v) is 7.20. The molecule has 1 atom stereocenters. The summed E-state index contributed by atoms with van der Waals surface area (Å²) in [5, 5.41) is 0. The van der Waals surface area contributed by atoms with Crippen LogP contribution >= 0.6 is 0 Å². The average molecular weight is 156 g/mol. The fraction of sp³-hybridized carbons (Fsp3) is 0.167. The number of fused-ring (bicyclic) bond motifs is 1. The molecule has 0 radical (unpaired) electrons. The predicted octanol–water partition coefficient (Wildman–Crippen LogP) is 3.17. The summed E-state index contributed by atoms with van der Waals surface area (Å²) in [7, 11) is 0. The van der Waals surface area contributed by atoms with Gasteiger partial charge in [-0.1, -0.05) is 54.2 Å². The first-order chi connectivity index (χ1) is 5.84. The first-order valence-electron chi connectivity index (χ1n) is 4.28. The lowest BCUT2D eigenvalue weighted by Crippen LogP contribution is -1.85. The molecule has 0 N–H and O–H groups in total. The van der Waals surface area contributed by atoms with Gasteiger partial charge in [-0.05, 0) is 12.5 Å². The van der Waals surface area contributed by atoms with E-state index >= 15 is 0 Å². The third-order valence-electron chi connectivity index (χ3n) is 2.11. The molecule has 0 aromatic heterocycles. The molecule has 0 saturated carbocycles. The normalized spacial score (nSPS) is 25.9. The Bertz CT molecular complexity index is 322. The highest BCUT2D eigenvalue weighted by Crippen LogP contribution is 2.19. The van der Waals surface area contributed by atoms with E-state index in [4.69, 9.17) is 0 Å². The van der Waals surface area contributed by atoms with Gasteiger partial charge in [-0.3, -0.25) is 0 Å². The Morgan fingerprint density at radius 1 is 1.00 bits per heavy atom. The Balaban J connectivity index is 2.42. The van der Waals surface area contributed by atoms with Gasteiger partial charge < -0.3 is 0 Å². The van der Waals surface area contributed by atoms with Crippen LogP contribution in [0, 0.1) is 5.92 Å². The van der Waals surface area contributed by atoms with Crippen molar-refractivity contribution >= 4 is 0 Å². The molecule has 60 valence electrons. The van der Waals surface area contributed by atoms with Crippen molar-refractivity contribution in [2.24, 2.45) is 5.92 Å². The quantitative estimate of drug-likeness (QED) is 0.505. The molecule has 12 heavy (non-hydrogen) atoms. The van der Waals surface area contributed by atoms with E-state index in [1.54, 1.807) is 0 Å². The highest BCUT2D eigenvalue weighted by Gasteiger charge is 2.03. The molecule has 0 aliphatic heterocycles. The molecule has 0 heteroatoms. The summed E-state index contributed by atoms with van der Waals surface area (Å²) >= 11 is 0. The van der Waals surface area contributed by atoms with Crippen LogP contribution < -0.4 is 0 Å². The van der Waals surface area contributed by atoms with Crippen molar-refractivity contribution < 1.29 is 0 Å². The minimum atomic E-state index is 0.477. The molecule has 0 spiro atoms. The van der Waals surface area contributed by atoms with E-state index in [1.165, 1.54) is 11.1 Å². The van der Waals surface area contributed by atoms with Crippen LogP contribution in [0.4, 0.5) is 0 Å². The molecule has 2 aliphatic carbocycles. The van der Waals surface area contributed by atoms with E-state index in [0.29, 0.717) is 5.92 Å². The molecule has 2 bridgehead atoms. The second kappa shape index (κ2) is 2.98. The first-order valence-corrected chi connectivity index (χ1v) is 4.28. The van der Waals surface area contributed by atoms with Crippen molar-refractivity contribution in [1.29, 1.82) is 0 Å². The third kappa shape index (κ3) is 1.48. The molecule has 0 aromatic rings. The second-order valence-electron chi connectivity index (χ2n) is 3.23. The predicted molar refractivity (Wildman–Crippen MR) is 52.8 cm³/mol. The maximum Gasteiger partial charge on any atom is 0.0145 e. The lowest BCUT2D eigenvalue weighted by Gasteiger charge is -1.98. The van der Waals surface area contributed by atoms with E-state index in [-0.39, 0.29) is 0 Å². The van der Waals surface area contributed by atoms with Crippen molar-refractivity contribution in [3.63, 3.8) is 0 Å². The second-order valence-corrected chi connectivity index (χ2v) is 3.23. The van der Waals surface area contributed by atoms with Gasteiger partial charge in [0.2, 0.25) is 0 Å². The Labute approximate surface area is 73.3 Å². The Morgan fingerprint density at radius 2 is 1.92 bits per heavy atom. The molecule has 0 fully saturated rings. The standard InChI is InChI=1S/C12H12/c1-10-6-7-11-4-2-3-5-12(8-10)9-11/h2-9,12H,1H3. The van der Waals surface area contributed by atoms with Crippen LogP contribution in [0.3, 0.4) is 0 Å². The minimum absolute atomic E-state index is 0.477. The van der Waals surface area contributed by atoms with Crippen LogP contribution in [-0.4, -0.2) is 0 Å². The maximum absolute atomic E-state index is 2.27. The first kappa shape index (κ1) is 7.35. The van der Waals surface area contributed by atoms with Crippen molar-refractivity contribution in [2.75, 3.05) is 0 Å². The van der Waals surface area contributed by atoms with E-state index in [2.05, 4.69) is 55.5 Å². The Kier molecular flexibility index (Phi) is 1.83. The highest BCUT2D eigenvalue weighted by molar-refractivity contribution is 5.43. The van der Waals surface area contributed by atoms with Crippen molar-refractivity contribution in [3.8, 4) is 0 Å². The number of allylic oxidation sites excluding steroid dienone is 10. The van der Waals surface area contributed by atoms with Crippen LogP contribution in [0.15, 0.2) is 59.8 Å². The SMILES string of the molecule is CC1=CC2C=CC=CC(=C2)C=C1. The molecule has 0 saturated heterocycles. The van der Waals surface area contributed by atoms with Crippen molar-refractivity contribution in [1.82, 2.24) is 0 Å². The molecule has 2 rings (SSSR count). The van der Waals surface area contributed by atoms with Crippen LogP contribution in [0.2, 0.25) is 0 Å². The lowest BCUT2D eigenvalue weighted by atomic mass is 10.1. The van der Waals surface area contributed by atoms with E-state index in [9.17, 15) is 0 Å². The zero-order valence-electron chi connectivity index (χ0n) is 7.20. The number of rotatable bonds is 0. The van der Waals surface area contributed by atoms with Crippen molar-refractivity contribution in [3.05, 3.63) is 59.8 Å². The minimum Gasteiger partial charge on any atom is -0.0738 e. The molecule has 0 nitrogen and oxygen atoms in total. The van der Waals surface area contributed by atoms with Gasteiger partial charge in [0.25, 0.3) is 0 Å². The van der Waals surface area contributed by atoms with Gasteiger partial charge in [0.1, 0.15) is 0 Å². The smallest absolute Gasteiger partial charge is 0.0145 e. The summed E-state index contributed by atoms with van der Waals surface area (Å²) in [6.45, 7) is 2.14. The van der Waals surface area contributed by atoms with Gasteiger partial charge in [-0.15, -0.1) is 0 Å². The molecular weight excluding hydrogens is 144 g/mol. The molecule has 1 unspecified atom stereocenters. The van der Waals surface area contributed by atoms with Crippen molar-refractivity contribution in [2.45, 2.75) is 6.92 Å². The monoisotopic (exact) mass is 156 g/mol. The average Bonchev–Trinajstić information content (AvgIpc) is 2.35. The fourth-order valence-electron chi connectivity index (χ4n) is 1.49. The van der Waals surface area contributed by atoms with E-state index < -0.39 is 0 Å². The number of hydrogen-bond donors (Lipinski definition) is 0. The largest absolute Gasteiger partial charge is 0.0738 e. The van der Waals surface area contributed by atoms with Crippen LogP contribution in [0.1, 0.15) is 6.92 Å². The Hall–Kier alpha value is -1.30. The van der Waals surface area contributed by atoms with Gasteiger partial charge in [-0.2, -0.15) is 0 Å².